The molecule has 0 aromatic heterocycles. The highest BCUT2D eigenvalue weighted by molar-refractivity contribution is 5.61. The summed E-state index contributed by atoms with van der Waals surface area (Å²) in [4.78, 5) is 0. The van der Waals surface area contributed by atoms with Gasteiger partial charge in [-0.05, 0) is 239 Å². The molecule has 6 nitrogen and oxygen atoms in total. The molecule has 6 heteroatoms. The number of rotatable bonds is 14. The highest BCUT2D eigenvalue weighted by Crippen LogP contribution is 2.67. The summed E-state index contributed by atoms with van der Waals surface area (Å²) in [6.45, 7) is 8.90. The zero-order valence-corrected chi connectivity index (χ0v) is 51.1. The van der Waals surface area contributed by atoms with Gasteiger partial charge in [0.2, 0.25) is 0 Å². The number of hydrogen-bond donors (Lipinski definition) is 6. The van der Waals surface area contributed by atoms with Gasteiger partial charge in [0, 0.05) is 23.0 Å². The predicted octanol–water partition coefficient (Wildman–Crippen LogP) is 20.5. The van der Waals surface area contributed by atoms with Gasteiger partial charge in [-0.3, -0.25) is 0 Å². The number of benzene rings is 6. The van der Waals surface area contributed by atoms with Crippen LogP contribution in [0.15, 0.2) is 97.1 Å². The van der Waals surface area contributed by atoms with Gasteiger partial charge in [-0.25, -0.2) is 0 Å². The van der Waals surface area contributed by atoms with Crippen molar-refractivity contribution in [3.8, 4) is 34.5 Å². The van der Waals surface area contributed by atoms with Crippen LogP contribution in [-0.2, 0) is 10.8 Å². The summed E-state index contributed by atoms with van der Waals surface area (Å²) < 4.78 is 0. The summed E-state index contributed by atoms with van der Waals surface area (Å²) in [5.74, 6) is 3.82. The normalized spacial score (nSPS) is 24.5. The smallest absolute Gasteiger partial charge is 0.123 e. The minimum Gasteiger partial charge on any atom is -0.508 e. The molecule has 6 aromatic carbocycles. The highest BCUT2D eigenvalue weighted by atomic mass is 16.3. The first-order chi connectivity index (χ1) is 40.7. The number of hydrogen-bond acceptors (Lipinski definition) is 6. The van der Waals surface area contributed by atoms with E-state index in [1.54, 1.807) is 0 Å². The Morgan fingerprint density at radius 2 is 0.595 bits per heavy atom. The van der Waals surface area contributed by atoms with Crippen LogP contribution < -0.4 is 0 Å². The van der Waals surface area contributed by atoms with E-state index in [4.69, 9.17) is 0 Å². The molecule has 0 saturated heterocycles. The minimum atomic E-state index is -0.335. The van der Waals surface area contributed by atoms with Crippen molar-refractivity contribution in [3.05, 3.63) is 175 Å². The molecule has 444 valence electrons. The van der Waals surface area contributed by atoms with Crippen LogP contribution >= 0.6 is 0 Å². The molecule has 0 amide bonds. The van der Waals surface area contributed by atoms with Crippen molar-refractivity contribution in [2.75, 3.05) is 0 Å². The maximum atomic E-state index is 13.1. The monoisotopic (exact) mass is 1130 g/mol. The van der Waals surface area contributed by atoms with Crippen LogP contribution in [0.25, 0.3) is 0 Å². The van der Waals surface area contributed by atoms with Crippen molar-refractivity contribution >= 4 is 0 Å². The third kappa shape index (κ3) is 10.7. The molecule has 8 aliphatic rings. The molecule has 0 heterocycles. The standard InChI is InChI=1S/C78H96O6/c1-47(2)61-38-59(40-67(75(61)83)73(55-25-29-69(79)63(34-55)51-17-9-5-10-18-51)56-26-30-70(80)64(35-56)52-19-11-6-12-20-52)77-42-49-33-50(43-77)45-78(44-49,46-77)60-39-62(48(3)4)76(84)68(41-60)74(57-27-31-71(81)65(36-57)53-21-13-7-14-22-53)58-28-32-72(82)66(37-58)54-23-15-8-16-24-54/h25-32,34-41,47-54,73-74,79-84H,5-24,33,42-46H2,1-4H3. The topological polar surface area (TPSA) is 121 Å². The first kappa shape index (κ1) is 57.2. The molecular formula is C78H96O6. The molecule has 8 aliphatic carbocycles. The predicted molar refractivity (Wildman–Crippen MR) is 340 cm³/mol. The summed E-state index contributed by atoms with van der Waals surface area (Å²) in [5.41, 5.74) is 14.5. The van der Waals surface area contributed by atoms with Crippen molar-refractivity contribution < 1.29 is 30.6 Å². The number of phenolic OH excluding ortho intramolecular Hbond substituents is 6. The summed E-state index contributed by atoms with van der Waals surface area (Å²) in [5, 5.41) is 72.7. The zero-order valence-electron chi connectivity index (χ0n) is 51.1. The molecule has 8 fully saturated rings. The van der Waals surface area contributed by atoms with E-state index in [9.17, 15) is 30.6 Å². The van der Waals surface area contributed by atoms with Crippen molar-refractivity contribution in [2.24, 2.45) is 11.8 Å². The Labute approximate surface area is 502 Å². The lowest BCUT2D eigenvalue weighted by molar-refractivity contribution is -0.0282. The molecule has 0 spiro atoms. The molecule has 0 radical (unpaired) electrons. The van der Waals surface area contributed by atoms with Gasteiger partial charge < -0.3 is 30.6 Å². The van der Waals surface area contributed by atoms with Gasteiger partial charge in [0.25, 0.3) is 0 Å². The Kier molecular flexibility index (Phi) is 16.0. The van der Waals surface area contributed by atoms with E-state index >= 15 is 0 Å². The Hall–Kier alpha value is -5.88. The molecule has 0 aliphatic heterocycles. The van der Waals surface area contributed by atoms with Crippen molar-refractivity contribution in [3.63, 3.8) is 0 Å². The van der Waals surface area contributed by atoms with Gasteiger partial charge in [-0.2, -0.15) is 0 Å². The molecule has 6 N–H and O–H groups in total. The Morgan fingerprint density at radius 1 is 0.333 bits per heavy atom. The van der Waals surface area contributed by atoms with Gasteiger partial charge >= 0.3 is 0 Å². The van der Waals surface area contributed by atoms with Gasteiger partial charge in [-0.15, -0.1) is 0 Å². The average molecular weight is 1130 g/mol. The molecule has 4 bridgehead atoms. The third-order valence-corrected chi connectivity index (χ3v) is 23.2. The number of phenols is 6. The summed E-state index contributed by atoms with van der Waals surface area (Å²) in [6.07, 6.45) is 29.4. The Bertz CT molecular complexity index is 2990. The third-order valence-electron chi connectivity index (χ3n) is 23.2. The Balaban J connectivity index is 0.965. The second kappa shape index (κ2) is 23.4. The van der Waals surface area contributed by atoms with Crippen molar-refractivity contribution in [1.82, 2.24) is 0 Å². The lowest BCUT2D eigenvalue weighted by atomic mass is 9.41. The second-order valence-corrected chi connectivity index (χ2v) is 29.3. The maximum absolute atomic E-state index is 13.1. The SMILES string of the molecule is CC(C)c1cc(C23CC4CC(C2)CC(c2cc(C(C)C)c(O)c(C(c5ccc(O)c(C6CCCCC6)c5)c5ccc(O)c(C6CCCCC6)c5)c2)(C4)C3)cc(C(c2ccc(O)c(C3CCCCC3)c2)c2ccc(O)c(C3CCCCC3)c2)c1O. The fourth-order valence-corrected chi connectivity index (χ4v) is 19.3. The van der Waals surface area contributed by atoms with Crippen molar-refractivity contribution in [2.45, 2.75) is 253 Å². The summed E-state index contributed by atoms with van der Waals surface area (Å²) in [6, 6.07) is 34.8. The minimum absolute atomic E-state index is 0.0599. The van der Waals surface area contributed by atoms with E-state index in [2.05, 4.69) is 100 Å². The van der Waals surface area contributed by atoms with Crippen LogP contribution in [0.3, 0.4) is 0 Å². The average Bonchev–Trinajstić information content (AvgIpc) is 0.908. The van der Waals surface area contributed by atoms with Gasteiger partial charge in [0.15, 0.2) is 0 Å². The maximum Gasteiger partial charge on any atom is 0.123 e. The van der Waals surface area contributed by atoms with E-state index in [0.717, 1.165) is 202 Å². The zero-order chi connectivity index (χ0) is 58.0. The number of aromatic hydroxyl groups is 6. The van der Waals surface area contributed by atoms with E-state index in [-0.39, 0.29) is 34.5 Å². The van der Waals surface area contributed by atoms with E-state index in [1.807, 2.05) is 24.3 Å². The van der Waals surface area contributed by atoms with Crippen LogP contribution in [0, 0.1) is 11.8 Å². The van der Waals surface area contributed by atoms with Gasteiger partial charge in [0.05, 0.1) is 0 Å². The lowest BCUT2D eigenvalue weighted by Gasteiger charge is -2.63. The van der Waals surface area contributed by atoms with Crippen LogP contribution in [0.4, 0.5) is 0 Å². The second-order valence-electron chi connectivity index (χ2n) is 29.3. The van der Waals surface area contributed by atoms with E-state index < -0.39 is 0 Å². The molecule has 84 heavy (non-hydrogen) atoms. The van der Waals surface area contributed by atoms with E-state index in [0.29, 0.717) is 70.0 Å². The molecular weight excluding hydrogens is 1030 g/mol. The van der Waals surface area contributed by atoms with E-state index in [1.165, 1.54) is 43.2 Å². The summed E-state index contributed by atoms with van der Waals surface area (Å²) in [7, 11) is 0. The molecule has 14 rings (SSSR count). The van der Waals surface area contributed by atoms with Crippen LogP contribution in [0.5, 0.6) is 34.5 Å². The fourth-order valence-electron chi connectivity index (χ4n) is 19.3. The molecule has 8 saturated carbocycles. The highest BCUT2D eigenvalue weighted by Gasteiger charge is 2.59. The van der Waals surface area contributed by atoms with Gasteiger partial charge in [-0.1, -0.05) is 178 Å². The quantitative estimate of drug-likeness (QED) is 0.0605. The van der Waals surface area contributed by atoms with Crippen LogP contribution in [-0.4, -0.2) is 30.6 Å². The first-order valence-corrected chi connectivity index (χ1v) is 33.7. The molecule has 0 atom stereocenters. The first-order valence-electron chi connectivity index (χ1n) is 33.7. The van der Waals surface area contributed by atoms with Crippen LogP contribution in [0.2, 0.25) is 0 Å². The van der Waals surface area contributed by atoms with Gasteiger partial charge in [0.1, 0.15) is 34.5 Å². The molecule has 6 aromatic rings. The van der Waals surface area contributed by atoms with Crippen molar-refractivity contribution in [1.29, 1.82) is 0 Å². The summed E-state index contributed by atoms with van der Waals surface area (Å²) >= 11 is 0. The fraction of sp³-hybridized carbons (Fsp3) is 0.538. The van der Waals surface area contributed by atoms with Crippen LogP contribution in [0.1, 0.15) is 320 Å². The Morgan fingerprint density at radius 3 is 0.857 bits per heavy atom. The molecule has 0 unspecified atom stereocenters. The largest absolute Gasteiger partial charge is 0.508 e. The lowest BCUT2D eigenvalue weighted by Crippen LogP contribution is -2.56.